The van der Waals surface area contributed by atoms with Crippen LogP contribution >= 0.6 is 0 Å². The van der Waals surface area contributed by atoms with Gasteiger partial charge in [-0.25, -0.2) is 4.79 Å². The van der Waals surface area contributed by atoms with Gasteiger partial charge in [0, 0.05) is 18.7 Å². The molecule has 2 amide bonds. The van der Waals surface area contributed by atoms with E-state index in [1.165, 1.54) is 0 Å². The van der Waals surface area contributed by atoms with E-state index in [1.807, 2.05) is 0 Å². The van der Waals surface area contributed by atoms with Gasteiger partial charge >= 0.3 is 18.4 Å². The van der Waals surface area contributed by atoms with Crippen molar-refractivity contribution in [2.45, 2.75) is 57.9 Å². The minimum atomic E-state index is -5.91. The van der Waals surface area contributed by atoms with Crippen LogP contribution in [0.25, 0.3) is 0 Å². The zero-order valence-electron chi connectivity index (χ0n) is 13.9. The number of nitrogens with one attached hydrogen (secondary N) is 1. The summed E-state index contributed by atoms with van der Waals surface area (Å²) in [6.45, 7) is 4.67. The average molecular weight is 372 g/mol. The first kappa shape index (κ1) is 19.6. The van der Waals surface area contributed by atoms with E-state index in [9.17, 15) is 35.9 Å². The highest BCUT2D eigenvalue weighted by molar-refractivity contribution is 6.03. The van der Waals surface area contributed by atoms with Gasteiger partial charge in [0.2, 0.25) is 0 Å². The van der Waals surface area contributed by atoms with Crippen LogP contribution in [0, 0.1) is 5.41 Å². The van der Waals surface area contributed by atoms with Crippen molar-refractivity contribution in [3.05, 3.63) is 11.3 Å². The first-order valence-corrected chi connectivity index (χ1v) is 7.68. The summed E-state index contributed by atoms with van der Waals surface area (Å²) in [6, 6.07) is -1.50. The fraction of sp³-hybridized carbons (Fsp3) is 0.733. The summed E-state index contributed by atoms with van der Waals surface area (Å²) in [7, 11) is 0. The maximum Gasteiger partial charge on any atom is 0.425 e. The number of amides is 2. The highest BCUT2D eigenvalue weighted by Crippen LogP contribution is 2.54. The van der Waals surface area contributed by atoms with E-state index in [1.54, 1.807) is 20.8 Å². The van der Waals surface area contributed by atoms with E-state index in [2.05, 4.69) is 0 Å². The Morgan fingerprint density at radius 3 is 2.00 bits per heavy atom. The third kappa shape index (κ3) is 2.89. The maximum atomic E-state index is 13.6. The number of urea groups is 1. The summed E-state index contributed by atoms with van der Waals surface area (Å²) in [5.41, 5.74) is -7.41. The highest BCUT2D eigenvalue weighted by Gasteiger charge is 2.77. The van der Waals surface area contributed by atoms with Crippen LogP contribution in [0.1, 0.15) is 40.0 Å². The predicted octanol–water partition coefficient (Wildman–Crippen LogP) is 3.93. The maximum absolute atomic E-state index is 13.6. The molecule has 0 saturated carbocycles. The molecule has 0 atom stereocenters. The lowest BCUT2D eigenvalue weighted by Crippen LogP contribution is -2.74. The van der Waals surface area contributed by atoms with Crippen molar-refractivity contribution in [1.29, 1.82) is 0 Å². The second kappa shape index (κ2) is 5.63. The molecule has 0 fully saturated rings. The Hall–Kier alpha value is -1.74. The number of alkyl halides is 6. The standard InChI is InChI=1S/C15H18F6N2O2/c1-4-5-23-8-6-12(2,3)7-9(24)10(8)13(14(16,17)18,15(19,20)21)22-11(23)25/h4-7H2,1-3H3,(H,22,25). The van der Waals surface area contributed by atoms with Crippen LogP contribution < -0.4 is 5.32 Å². The Kier molecular flexibility index (Phi) is 4.41. The van der Waals surface area contributed by atoms with Gasteiger partial charge < -0.3 is 5.32 Å². The van der Waals surface area contributed by atoms with Gasteiger partial charge in [-0.05, 0) is 18.3 Å². The summed E-state index contributed by atoms with van der Waals surface area (Å²) < 4.78 is 81.5. The van der Waals surface area contributed by atoms with Crippen LogP contribution in [-0.4, -0.2) is 41.2 Å². The number of ketones is 1. The molecule has 1 aliphatic heterocycles. The third-order valence-corrected chi connectivity index (χ3v) is 4.39. The summed E-state index contributed by atoms with van der Waals surface area (Å²) in [5.74, 6) is -1.25. The van der Waals surface area contributed by atoms with Crippen LogP contribution in [0.5, 0.6) is 0 Å². The van der Waals surface area contributed by atoms with Gasteiger partial charge in [-0.3, -0.25) is 9.69 Å². The van der Waals surface area contributed by atoms with Gasteiger partial charge in [-0.2, -0.15) is 26.3 Å². The zero-order chi connectivity index (χ0) is 19.4. The van der Waals surface area contributed by atoms with Crippen molar-refractivity contribution < 1.29 is 35.9 Å². The zero-order valence-corrected chi connectivity index (χ0v) is 13.9. The second-order valence-electron chi connectivity index (χ2n) is 7.09. The van der Waals surface area contributed by atoms with Gasteiger partial charge in [0.05, 0.1) is 5.57 Å². The fourth-order valence-corrected chi connectivity index (χ4v) is 3.40. The average Bonchev–Trinajstić information content (AvgIpc) is 2.37. The van der Waals surface area contributed by atoms with E-state index in [-0.39, 0.29) is 13.0 Å². The predicted molar refractivity (Wildman–Crippen MR) is 75.4 cm³/mol. The van der Waals surface area contributed by atoms with Crippen molar-refractivity contribution in [3.63, 3.8) is 0 Å². The molecule has 1 N–H and O–H groups in total. The molecule has 0 aromatic heterocycles. The Balaban J connectivity index is 2.85. The third-order valence-electron chi connectivity index (χ3n) is 4.39. The summed E-state index contributed by atoms with van der Waals surface area (Å²) in [4.78, 5) is 25.3. The molecule has 4 nitrogen and oxygen atoms in total. The fourth-order valence-electron chi connectivity index (χ4n) is 3.40. The quantitative estimate of drug-likeness (QED) is 0.747. The van der Waals surface area contributed by atoms with Crippen LogP contribution in [0.2, 0.25) is 0 Å². The minimum absolute atomic E-state index is 0.0835. The van der Waals surface area contributed by atoms with Crippen LogP contribution in [-0.2, 0) is 4.79 Å². The largest absolute Gasteiger partial charge is 0.425 e. The van der Waals surface area contributed by atoms with Crippen molar-refractivity contribution in [2.24, 2.45) is 5.41 Å². The number of hydrogen-bond acceptors (Lipinski definition) is 2. The summed E-state index contributed by atoms with van der Waals surface area (Å²) in [6.07, 6.45) is -12.2. The molecule has 10 heteroatoms. The highest BCUT2D eigenvalue weighted by atomic mass is 19.4. The molecule has 142 valence electrons. The lowest BCUT2D eigenvalue weighted by molar-refractivity contribution is -0.292. The van der Waals surface area contributed by atoms with E-state index in [0.717, 1.165) is 10.2 Å². The van der Waals surface area contributed by atoms with Gasteiger partial charge in [0.25, 0.3) is 5.54 Å². The van der Waals surface area contributed by atoms with Crippen molar-refractivity contribution in [3.8, 4) is 0 Å². The Morgan fingerprint density at radius 1 is 1.04 bits per heavy atom. The number of hydrogen-bond donors (Lipinski definition) is 1. The van der Waals surface area contributed by atoms with E-state index in [4.69, 9.17) is 0 Å². The molecular weight excluding hydrogens is 354 g/mol. The first-order chi connectivity index (χ1) is 11.2. The van der Waals surface area contributed by atoms with Gasteiger partial charge in [0.1, 0.15) is 0 Å². The molecular formula is C15H18F6N2O2. The van der Waals surface area contributed by atoms with Crippen molar-refractivity contribution in [2.75, 3.05) is 6.54 Å². The first-order valence-electron chi connectivity index (χ1n) is 7.68. The van der Waals surface area contributed by atoms with Gasteiger partial charge in [0.15, 0.2) is 5.78 Å². The summed E-state index contributed by atoms with van der Waals surface area (Å²) in [5, 5.41) is 1.06. The Labute approximate surface area is 140 Å². The molecule has 0 radical (unpaired) electrons. The van der Waals surface area contributed by atoms with Crippen LogP contribution in [0.3, 0.4) is 0 Å². The lowest BCUT2D eigenvalue weighted by Gasteiger charge is -2.49. The topological polar surface area (TPSA) is 49.4 Å². The molecule has 1 heterocycles. The normalized spacial score (nSPS) is 23.5. The molecule has 2 aliphatic rings. The number of allylic oxidation sites excluding steroid dienone is 1. The van der Waals surface area contributed by atoms with Crippen molar-refractivity contribution in [1.82, 2.24) is 10.2 Å². The summed E-state index contributed by atoms with van der Waals surface area (Å²) >= 11 is 0. The second-order valence-corrected chi connectivity index (χ2v) is 7.09. The molecule has 0 spiro atoms. The van der Waals surface area contributed by atoms with Gasteiger partial charge in [-0.15, -0.1) is 0 Å². The van der Waals surface area contributed by atoms with Crippen molar-refractivity contribution >= 4 is 11.8 Å². The number of Topliss-reactive ketones (excluding diaryl/α,β-unsaturated/α-hetero) is 1. The van der Waals surface area contributed by atoms with Crippen LogP contribution in [0.15, 0.2) is 11.3 Å². The molecule has 2 rings (SSSR count). The molecule has 0 aromatic carbocycles. The monoisotopic (exact) mass is 372 g/mol. The number of halogens is 6. The Morgan fingerprint density at radius 2 is 1.56 bits per heavy atom. The number of rotatable bonds is 2. The molecule has 0 aromatic rings. The van der Waals surface area contributed by atoms with E-state index in [0.29, 0.717) is 6.42 Å². The number of carbonyl (C=O) groups is 2. The molecule has 0 saturated heterocycles. The molecule has 0 unspecified atom stereocenters. The molecule has 0 bridgehead atoms. The van der Waals surface area contributed by atoms with E-state index < -0.39 is 52.8 Å². The minimum Gasteiger partial charge on any atom is -0.312 e. The molecule has 25 heavy (non-hydrogen) atoms. The Bertz CT molecular complexity index is 619. The molecule has 1 aliphatic carbocycles. The van der Waals surface area contributed by atoms with E-state index >= 15 is 0 Å². The number of nitrogens with zero attached hydrogens (tertiary/aromatic N) is 1. The smallest absolute Gasteiger partial charge is 0.312 e. The number of carbonyl (C=O) groups excluding carboxylic acids is 2. The lowest BCUT2D eigenvalue weighted by atomic mass is 9.69. The SMILES string of the molecule is CCCN1C(=O)NC(C(F)(F)F)(C(F)(F)F)C2=C1CC(C)(C)CC2=O. The van der Waals surface area contributed by atoms with Crippen LogP contribution in [0.4, 0.5) is 31.1 Å². The van der Waals surface area contributed by atoms with Gasteiger partial charge in [-0.1, -0.05) is 20.8 Å².